The molecule has 0 saturated heterocycles. The maximum absolute atomic E-state index is 6.01. The standard InChI is InChI=1S/C18H24N2O2/c1-3-21-16-7-8-17(18(11-16)22-4-2)15(12-19)10-14-6-5-9-20-13-14/h5-9,11,13,15H,3-4,10,12,19H2,1-2H3. The Morgan fingerprint density at radius 1 is 1.14 bits per heavy atom. The minimum absolute atomic E-state index is 0.196. The summed E-state index contributed by atoms with van der Waals surface area (Å²) in [5, 5.41) is 0. The Labute approximate surface area is 132 Å². The Morgan fingerprint density at radius 3 is 2.59 bits per heavy atom. The van der Waals surface area contributed by atoms with Crippen molar-refractivity contribution >= 4 is 0 Å². The zero-order chi connectivity index (χ0) is 15.8. The predicted molar refractivity (Wildman–Crippen MR) is 88.5 cm³/mol. The summed E-state index contributed by atoms with van der Waals surface area (Å²) in [5.74, 6) is 1.88. The lowest BCUT2D eigenvalue weighted by molar-refractivity contribution is 0.319. The fourth-order valence-corrected chi connectivity index (χ4v) is 2.51. The van der Waals surface area contributed by atoms with Crippen molar-refractivity contribution in [1.82, 2.24) is 4.98 Å². The molecular formula is C18H24N2O2. The van der Waals surface area contributed by atoms with Crippen LogP contribution in [-0.4, -0.2) is 24.7 Å². The number of aromatic nitrogens is 1. The van der Waals surface area contributed by atoms with Crippen molar-refractivity contribution in [2.75, 3.05) is 19.8 Å². The summed E-state index contributed by atoms with van der Waals surface area (Å²) in [7, 11) is 0. The molecule has 1 aromatic carbocycles. The number of rotatable bonds is 8. The summed E-state index contributed by atoms with van der Waals surface area (Å²) in [4.78, 5) is 4.17. The molecule has 0 aliphatic rings. The Hall–Kier alpha value is -2.07. The largest absolute Gasteiger partial charge is 0.494 e. The first-order valence-corrected chi connectivity index (χ1v) is 7.77. The van der Waals surface area contributed by atoms with Crippen LogP contribution in [0.4, 0.5) is 0 Å². The highest BCUT2D eigenvalue weighted by molar-refractivity contribution is 5.43. The van der Waals surface area contributed by atoms with Crippen molar-refractivity contribution in [1.29, 1.82) is 0 Å². The van der Waals surface area contributed by atoms with Gasteiger partial charge in [0.15, 0.2) is 0 Å². The molecule has 1 atom stereocenters. The summed E-state index contributed by atoms with van der Waals surface area (Å²) in [5.41, 5.74) is 8.30. The van der Waals surface area contributed by atoms with E-state index in [1.165, 1.54) is 5.56 Å². The van der Waals surface area contributed by atoms with Gasteiger partial charge in [0.1, 0.15) is 11.5 Å². The average Bonchev–Trinajstić information content (AvgIpc) is 2.55. The second-order valence-electron chi connectivity index (χ2n) is 5.06. The molecule has 4 heteroatoms. The number of hydrogen-bond acceptors (Lipinski definition) is 4. The second kappa shape index (κ2) is 8.39. The van der Waals surface area contributed by atoms with Crippen LogP contribution < -0.4 is 15.2 Å². The van der Waals surface area contributed by atoms with E-state index in [9.17, 15) is 0 Å². The molecule has 4 nitrogen and oxygen atoms in total. The van der Waals surface area contributed by atoms with E-state index in [0.717, 1.165) is 23.5 Å². The Kier molecular flexibility index (Phi) is 6.22. The van der Waals surface area contributed by atoms with Gasteiger partial charge < -0.3 is 15.2 Å². The summed E-state index contributed by atoms with van der Waals surface area (Å²) in [6, 6.07) is 10.0. The first-order valence-electron chi connectivity index (χ1n) is 7.77. The number of hydrogen-bond donors (Lipinski definition) is 1. The monoisotopic (exact) mass is 300 g/mol. The fourth-order valence-electron chi connectivity index (χ4n) is 2.51. The van der Waals surface area contributed by atoms with Gasteiger partial charge >= 0.3 is 0 Å². The van der Waals surface area contributed by atoms with E-state index in [1.54, 1.807) is 6.20 Å². The van der Waals surface area contributed by atoms with E-state index in [0.29, 0.717) is 19.8 Å². The predicted octanol–water partition coefficient (Wildman–Crippen LogP) is 3.16. The Bertz CT molecular complexity index is 573. The van der Waals surface area contributed by atoms with Crippen molar-refractivity contribution in [3.8, 4) is 11.5 Å². The van der Waals surface area contributed by atoms with Gasteiger partial charge in [0.25, 0.3) is 0 Å². The van der Waals surface area contributed by atoms with Gasteiger partial charge in [0, 0.05) is 24.4 Å². The third kappa shape index (κ3) is 4.21. The normalized spacial score (nSPS) is 12.0. The van der Waals surface area contributed by atoms with Gasteiger partial charge in [-0.05, 0) is 50.1 Å². The van der Waals surface area contributed by atoms with Crippen molar-refractivity contribution in [2.24, 2.45) is 5.73 Å². The summed E-state index contributed by atoms with van der Waals surface area (Å²) in [6.07, 6.45) is 4.51. The second-order valence-corrected chi connectivity index (χ2v) is 5.06. The van der Waals surface area contributed by atoms with Crippen LogP contribution in [0.2, 0.25) is 0 Å². The number of ether oxygens (including phenoxy) is 2. The van der Waals surface area contributed by atoms with Gasteiger partial charge in [-0.1, -0.05) is 12.1 Å². The Balaban J connectivity index is 2.26. The lowest BCUT2D eigenvalue weighted by atomic mass is 9.92. The summed E-state index contributed by atoms with van der Waals surface area (Å²) < 4.78 is 11.4. The van der Waals surface area contributed by atoms with E-state index in [4.69, 9.17) is 15.2 Å². The van der Waals surface area contributed by atoms with Crippen LogP contribution >= 0.6 is 0 Å². The molecular weight excluding hydrogens is 276 g/mol. The molecule has 2 rings (SSSR count). The maximum Gasteiger partial charge on any atom is 0.126 e. The molecule has 1 unspecified atom stereocenters. The van der Waals surface area contributed by atoms with Crippen LogP contribution in [0.3, 0.4) is 0 Å². The lowest BCUT2D eigenvalue weighted by Gasteiger charge is -2.20. The van der Waals surface area contributed by atoms with Gasteiger partial charge in [0.05, 0.1) is 13.2 Å². The quantitative estimate of drug-likeness (QED) is 0.813. The molecule has 22 heavy (non-hydrogen) atoms. The van der Waals surface area contributed by atoms with Gasteiger partial charge in [-0.15, -0.1) is 0 Å². The van der Waals surface area contributed by atoms with Crippen LogP contribution in [-0.2, 0) is 6.42 Å². The molecule has 1 heterocycles. The lowest BCUT2D eigenvalue weighted by Crippen LogP contribution is -2.16. The molecule has 0 aliphatic carbocycles. The highest BCUT2D eigenvalue weighted by atomic mass is 16.5. The third-order valence-electron chi connectivity index (χ3n) is 3.53. The van der Waals surface area contributed by atoms with Crippen molar-refractivity contribution in [2.45, 2.75) is 26.2 Å². The molecule has 0 aliphatic heterocycles. The zero-order valence-electron chi connectivity index (χ0n) is 13.3. The average molecular weight is 300 g/mol. The van der Waals surface area contributed by atoms with Crippen LogP contribution in [0, 0.1) is 0 Å². The molecule has 118 valence electrons. The number of nitrogens with zero attached hydrogens (tertiary/aromatic N) is 1. The Morgan fingerprint density at radius 2 is 1.95 bits per heavy atom. The van der Waals surface area contributed by atoms with E-state index < -0.39 is 0 Å². The molecule has 0 fully saturated rings. The van der Waals surface area contributed by atoms with Crippen LogP contribution in [0.5, 0.6) is 11.5 Å². The topological polar surface area (TPSA) is 57.4 Å². The minimum atomic E-state index is 0.196. The van der Waals surface area contributed by atoms with E-state index in [1.807, 2.05) is 38.2 Å². The molecule has 0 saturated carbocycles. The SMILES string of the molecule is CCOc1ccc(C(CN)Cc2cccnc2)c(OCC)c1. The van der Waals surface area contributed by atoms with Gasteiger partial charge in [-0.25, -0.2) is 0 Å². The fraction of sp³-hybridized carbons (Fsp3) is 0.389. The molecule has 2 N–H and O–H groups in total. The molecule has 0 bridgehead atoms. The van der Waals surface area contributed by atoms with Crippen molar-refractivity contribution in [3.05, 3.63) is 53.9 Å². The maximum atomic E-state index is 6.01. The number of nitrogens with two attached hydrogens (primary N) is 1. The molecule has 0 spiro atoms. The van der Waals surface area contributed by atoms with Gasteiger partial charge in [-0.2, -0.15) is 0 Å². The van der Waals surface area contributed by atoms with Gasteiger partial charge in [0.2, 0.25) is 0 Å². The first kappa shape index (κ1) is 16.3. The highest BCUT2D eigenvalue weighted by Crippen LogP contribution is 2.32. The zero-order valence-corrected chi connectivity index (χ0v) is 13.3. The summed E-state index contributed by atoms with van der Waals surface area (Å²) in [6.45, 7) is 5.77. The molecule has 2 aromatic rings. The molecule has 0 amide bonds. The highest BCUT2D eigenvalue weighted by Gasteiger charge is 2.17. The first-order chi connectivity index (χ1) is 10.8. The summed E-state index contributed by atoms with van der Waals surface area (Å²) >= 11 is 0. The van der Waals surface area contributed by atoms with E-state index >= 15 is 0 Å². The van der Waals surface area contributed by atoms with Gasteiger partial charge in [-0.3, -0.25) is 4.98 Å². The number of pyridine rings is 1. The van der Waals surface area contributed by atoms with Crippen molar-refractivity contribution < 1.29 is 9.47 Å². The third-order valence-corrected chi connectivity index (χ3v) is 3.53. The minimum Gasteiger partial charge on any atom is -0.494 e. The van der Waals surface area contributed by atoms with E-state index in [-0.39, 0.29) is 5.92 Å². The van der Waals surface area contributed by atoms with Crippen LogP contribution in [0.15, 0.2) is 42.7 Å². The molecule has 0 radical (unpaired) electrons. The smallest absolute Gasteiger partial charge is 0.126 e. The molecule has 1 aromatic heterocycles. The van der Waals surface area contributed by atoms with Crippen LogP contribution in [0.25, 0.3) is 0 Å². The number of benzene rings is 1. The van der Waals surface area contributed by atoms with E-state index in [2.05, 4.69) is 17.1 Å². The van der Waals surface area contributed by atoms with Crippen LogP contribution in [0.1, 0.15) is 30.9 Å². The van der Waals surface area contributed by atoms with Crippen molar-refractivity contribution in [3.63, 3.8) is 0 Å².